The first kappa shape index (κ1) is 23.7. The lowest BCUT2D eigenvalue weighted by molar-refractivity contribution is 1.19. The summed E-state index contributed by atoms with van der Waals surface area (Å²) in [6.45, 7) is 4.00. The molecular weight excluding hydrogens is 544 g/mol. The Labute approximate surface area is 248 Å². The molecule has 6 heteroatoms. The summed E-state index contributed by atoms with van der Waals surface area (Å²) in [6.07, 6.45) is 0. The molecule has 6 nitrogen and oxygen atoms in total. The van der Waals surface area contributed by atoms with Crippen LogP contribution in [-0.4, -0.2) is 18.8 Å². The van der Waals surface area contributed by atoms with Crippen LogP contribution in [0.1, 0.15) is 13.8 Å². The molecule has 7 aromatic carbocycles. The third-order valence-corrected chi connectivity index (χ3v) is 9.37. The van der Waals surface area contributed by atoms with Crippen LogP contribution in [0.25, 0.3) is 98.0 Å². The molecule has 11 aromatic rings. The van der Waals surface area contributed by atoms with Crippen molar-refractivity contribution in [3.63, 3.8) is 0 Å². The third kappa shape index (κ3) is 2.55. The van der Waals surface area contributed by atoms with E-state index in [-0.39, 0.29) is 11.1 Å². The Morgan fingerprint density at radius 2 is 0.727 bits per heavy atom. The van der Waals surface area contributed by atoms with Crippen LogP contribution in [0.15, 0.2) is 107 Å². The first-order chi connectivity index (χ1) is 21.7. The summed E-state index contributed by atoms with van der Waals surface area (Å²) in [7, 11) is 0. The van der Waals surface area contributed by atoms with Crippen LogP contribution in [0.3, 0.4) is 0 Å². The molecule has 0 radical (unpaired) electrons. The molecule has 44 heavy (non-hydrogen) atoms. The van der Waals surface area contributed by atoms with Crippen molar-refractivity contribution in [1.29, 1.82) is 0 Å². The van der Waals surface area contributed by atoms with Gasteiger partial charge in [-0.15, -0.1) is 0 Å². The highest BCUT2D eigenvalue weighted by molar-refractivity contribution is 6.40. The van der Waals surface area contributed by atoms with Gasteiger partial charge >= 0.3 is 0 Å². The van der Waals surface area contributed by atoms with E-state index in [2.05, 4.69) is 36.4 Å². The quantitative estimate of drug-likeness (QED) is 0.137. The zero-order valence-electron chi connectivity index (χ0n) is 23.8. The lowest BCUT2D eigenvalue weighted by atomic mass is 9.86. The van der Waals surface area contributed by atoms with Gasteiger partial charge in [0, 0.05) is 32.3 Å². The lowest BCUT2D eigenvalue weighted by Gasteiger charge is -2.18. The maximum Gasteiger partial charge on any atom is 0.264 e. The summed E-state index contributed by atoms with van der Waals surface area (Å²) in [6, 6.07) is 32.1. The van der Waals surface area contributed by atoms with Crippen LogP contribution in [0.4, 0.5) is 0 Å². The molecule has 4 heterocycles. The largest absolute Gasteiger partial charge is 0.268 e. The highest BCUT2D eigenvalue weighted by Gasteiger charge is 2.23. The summed E-state index contributed by atoms with van der Waals surface area (Å²) in [5, 5.41) is 11.5. The van der Waals surface area contributed by atoms with E-state index in [1.54, 1.807) is 8.80 Å². The van der Waals surface area contributed by atoms with Crippen LogP contribution in [0.5, 0.6) is 0 Å². The van der Waals surface area contributed by atoms with Crippen LogP contribution in [0.2, 0.25) is 0 Å². The fraction of sp³-hybridized carbons (Fsp3) is 0.0526. The number of aromatic nitrogens is 4. The standard InChI is InChI=1S/C36H16N4O2.C2H6/c41-35-23-15-11-19-20-12-16-24-32-22(34-38-26-6-2-4-8-28(26)40(34)36(24)42)14-10-18(30(20)32)17-9-13-21(31(23)29(17)19)33-37-25-5-1-3-7-27(25)39(33)35;1-2/h1-16H;1-2H3. The van der Waals surface area contributed by atoms with E-state index in [0.717, 1.165) is 75.9 Å². The topological polar surface area (TPSA) is 68.7 Å². The van der Waals surface area contributed by atoms with Gasteiger partial charge < -0.3 is 0 Å². The minimum Gasteiger partial charge on any atom is -0.268 e. The van der Waals surface area contributed by atoms with Gasteiger partial charge in [0.05, 0.1) is 22.1 Å². The lowest BCUT2D eigenvalue weighted by Crippen LogP contribution is -2.14. The summed E-state index contributed by atoms with van der Waals surface area (Å²) >= 11 is 0. The summed E-state index contributed by atoms with van der Waals surface area (Å²) in [5.41, 5.74) is 4.48. The number of fused-ring (bicyclic) bond motifs is 10. The molecule has 0 saturated carbocycles. The van der Waals surface area contributed by atoms with Crippen molar-refractivity contribution in [1.82, 2.24) is 18.8 Å². The van der Waals surface area contributed by atoms with Crippen LogP contribution in [-0.2, 0) is 0 Å². The van der Waals surface area contributed by atoms with E-state index in [9.17, 15) is 9.59 Å². The number of nitrogens with zero attached hydrogens (tertiary/aromatic N) is 4. The van der Waals surface area contributed by atoms with Gasteiger partial charge in [-0.3, -0.25) is 18.4 Å². The second kappa shape index (κ2) is 7.94. The number of hydrogen-bond donors (Lipinski definition) is 0. The summed E-state index contributed by atoms with van der Waals surface area (Å²) < 4.78 is 3.49. The molecule has 0 N–H and O–H groups in total. The van der Waals surface area contributed by atoms with Crippen LogP contribution in [0, 0.1) is 0 Å². The first-order valence-corrected chi connectivity index (χ1v) is 14.9. The van der Waals surface area contributed by atoms with Crippen molar-refractivity contribution < 1.29 is 0 Å². The van der Waals surface area contributed by atoms with Gasteiger partial charge in [0.2, 0.25) is 0 Å². The molecule has 0 aliphatic carbocycles. The molecule has 0 spiro atoms. The van der Waals surface area contributed by atoms with Crippen molar-refractivity contribution in [3.8, 4) is 0 Å². The molecule has 0 saturated heterocycles. The molecule has 0 bridgehead atoms. The second-order valence-corrected chi connectivity index (χ2v) is 11.3. The van der Waals surface area contributed by atoms with Gasteiger partial charge in [0.25, 0.3) is 11.1 Å². The number of hydrogen-bond acceptors (Lipinski definition) is 4. The van der Waals surface area contributed by atoms with E-state index < -0.39 is 0 Å². The minimum atomic E-state index is -0.0598. The molecule has 206 valence electrons. The Balaban J connectivity index is 0.00000125. The Kier molecular flexibility index (Phi) is 4.27. The summed E-state index contributed by atoms with van der Waals surface area (Å²) in [5.74, 6) is 0. The fourth-order valence-corrected chi connectivity index (χ4v) is 7.68. The number of benzene rings is 7. The summed E-state index contributed by atoms with van der Waals surface area (Å²) in [4.78, 5) is 37.7. The monoisotopic (exact) mass is 566 g/mol. The van der Waals surface area contributed by atoms with E-state index >= 15 is 0 Å². The highest BCUT2D eigenvalue weighted by Crippen LogP contribution is 2.45. The van der Waals surface area contributed by atoms with Crippen LogP contribution < -0.4 is 11.1 Å². The van der Waals surface area contributed by atoms with Gasteiger partial charge in [-0.05, 0) is 80.8 Å². The Bertz CT molecular complexity index is 2890. The number of imidazole rings is 2. The van der Waals surface area contributed by atoms with E-state index in [1.165, 1.54) is 0 Å². The predicted molar refractivity (Wildman–Crippen MR) is 181 cm³/mol. The van der Waals surface area contributed by atoms with Gasteiger partial charge in [-0.25, -0.2) is 9.97 Å². The normalized spacial score (nSPS) is 12.5. The second-order valence-electron chi connectivity index (χ2n) is 11.3. The van der Waals surface area contributed by atoms with Gasteiger partial charge in [0.1, 0.15) is 11.3 Å². The molecule has 0 aliphatic heterocycles. The predicted octanol–water partition coefficient (Wildman–Crippen LogP) is 8.27. The van der Waals surface area contributed by atoms with Crippen molar-refractivity contribution in [3.05, 3.63) is 118 Å². The minimum absolute atomic E-state index is 0.0598. The average molecular weight is 567 g/mol. The van der Waals surface area contributed by atoms with Gasteiger partial charge in [-0.2, -0.15) is 0 Å². The van der Waals surface area contributed by atoms with E-state index in [4.69, 9.17) is 9.97 Å². The molecule has 0 atom stereocenters. The third-order valence-electron chi connectivity index (χ3n) is 9.37. The molecule has 0 amide bonds. The zero-order valence-corrected chi connectivity index (χ0v) is 23.8. The van der Waals surface area contributed by atoms with E-state index in [0.29, 0.717) is 22.1 Å². The van der Waals surface area contributed by atoms with Crippen molar-refractivity contribution in [2.45, 2.75) is 13.8 Å². The fourth-order valence-electron chi connectivity index (χ4n) is 7.68. The number of pyridine rings is 2. The van der Waals surface area contributed by atoms with Gasteiger partial charge in [-0.1, -0.05) is 62.4 Å². The smallest absolute Gasteiger partial charge is 0.264 e. The zero-order chi connectivity index (χ0) is 29.4. The molecule has 11 rings (SSSR count). The Morgan fingerprint density at radius 3 is 1.14 bits per heavy atom. The molecule has 0 unspecified atom stereocenters. The molecule has 0 fully saturated rings. The number of rotatable bonds is 0. The van der Waals surface area contributed by atoms with Crippen LogP contribution >= 0.6 is 0 Å². The maximum absolute atomic E-state index is 14.0. The van der Waals surface area contributed by atoms with Crippen molar-refractivity contribution >= 4 is 98.0 Å². The Hall–Kier alpha value is -5.88. The van der Waals surface area contributed by atoms with Gasteiger partial charge in [0.15, 0.2) is 0 Å². The molecule has 0 aliphatic rings. The van der Waals surface area contributed by atoms with E-state index in [1.807, 2.05) is 74.5 Å². The molecule has 4 aromatic heterocycles. The Morgan fingerprint density at radius 1 is 0.409 bits per heavy atom. The highest BCUT2D eigenvalue weighted by atomic mass is 16.1. The average Bonchev–Trinajstić information content (AvgIpc) is 3.66. The first-order valence-electron chi connectivity index (χ1n) is 14.9. The van der Waals surface area contributed by atoms with Crippen molar-refractivity contribution in [2.24, 2.45) is 0 Å². The number of para-hydroxylation sites is 4. The maximum atomic E-state index is 14.0. The van der Waals surface area contributed by atoms with Crippen molar-refractivity contribution in [2.75, 3.05) is 0 Å². The SMILES string of the molecule is CC.O=c1c2ccc3c4ccc5c(=O)n6c7ccccc7nc6c6ccc(c7ccc(c2c37)c2nc3ccccc3n12)c4c56. The molecular formula is C38H22N4O2.